The van der Waals surface area contributed by atoms with Gasteiger partial charge >= 0.3 is 0 Å². The lowest BCUT2D eigenvalue weighted by Gasteiger charge is -2.31. The highest BCUT2D eigenvalue weighted by atomic mass is 19.1. The summed E-state index contributed by atoms with van der Waals surface area (Å²) < 4.78 is 12.8. The number of rotatable bonds is 11. The third kappa shape index (κ3) is 9.40. The highest BCUT2D eigenvalue weighted by Crippen LogP contribution is 2.38. The van der Waals surface area contributed by atoms with E-state index < -0.39 is 5.83 Å². The zero-order chi connectivity index (χ0) is 20.0. The Balaban J connectivity index is 1.52. The van der Waals surface area contributed by atoms with E-state index in [2.05, 4.69) is 13.0 Å². The van der Waals surface area contributed by atoms with Gasteiger partial charge in [0.2, 0.25) is 0 Å². The molecule has 28 heavy (non-hydrogen) atoms. The quantitative estimate of drug-likeness (QED) is 0.197. The van der Waals surface area contributed by atoms with Crippen molar-refractivity contribution in [1.29, 1.82) is 5.26 Å². The Labute approximate surface area is 173 Å². The Morgan fingerprint density at radius 2 is 1.36 bits per heavy atom. The van der Waals surface area contributed by atoms with Gasteiger partial charge < -0.3 is 0 Å². The van der Waals surface area contributed by atoms with E-state index in [1.807, 2.05) is 0 Å². The van der Waals surface area contributed by atoms with Gasteiger partial charge in [0.15, 0.2) is 5.83 Å². The van der Waals surface area contributed by atoms with Gasteiger partial charge in [0.05, 0.1) is 0 Å². The molecular formula is C26H42FN. The minimum atomic E-state index is -0.698. The number of nitrogens with zero attached hydrogens (tertiary/aromatic N) is 1. The van der Waals surface area contributed by atoms with Crippen molar-refractivity contribution in [2.75, 3.05) is 0 Å². The Bertz CT molecular complexity index is 499. The summed E-state index contributed by atoms with van der Waals surface area (Å²) in [6, 6.07) is 1.52. The van der Waals surface area contributed by atoms with Gasteiger partial charge in [-0.05, 0) is 55.4 Å². The molecule has 0 bridgehead atoms. The van der Waals surface area contributed by atoms with E-state index in [0.717, 1.165) is 17.8 Å². The van der Waals surface area contributed by atoms with Crippen molar-refractivity contribution in [1.82, 2.24) is 0 Å². The van der Waals surface area contributed by atoms with Crippen LogP contribution < -0.4 is 0 Å². The van der Waals surface area contributed by atoms with Crippen LogP contribution in [0.2, 0.25) is 0 Å². The summed E-state index contributed by atoms with van der Waals surface area (Å²) >= 11 is 0. The largest absolute Gasteiger partial charge is 0.199 e. The number of hydrogen-bond acceptors (Lipinski definition) is 1. The first kappa shape index (κ1) is 23.2. The molecule has 0 aromatic heterocycles. The number of nitriles is 1. The molecule has 0 atom stereocenters. The normalized spacial score (nSPS) is 29.1. The molecule has 0 saturated heterocycles. The molecular weight excluding hydrogens is 345 g/mol. The molecule has 0 heterocycles. The first-order valence-electron chi connectivity index (χ1n) is 12.1. The van der Waals surface area contributed by atoms with E-state index in [0.29, 0.717) is 5.92 Å². The van der Waals surface area contributed by atoms with Crippen molar-refractivity contribution < 1.29 is 4.39 Å². The predicted molar refractivity (Wildman–Crippen MR) is 117 cm³/mol. The first-order chi connectivity index (χ1) is 13.7. The molecule has 0 radical (unpaired) electrons. The number of hydrogen-bond donors (Lipinski definition) is 0. The smallest absolute Gasteiger partial charge is 0.195 e. The number of allylic oxidation sites excluding steroid dienone is 4. The Hall–Kier alpha value is -1.10. The molecule has 2 heteroatoms. The fourth-order valence-corrected chi connectivity index (χ4v) is 5.32. The highest BCUT2D eigenvalue weighted by Gasteiger charge is 2.24. The Morgan fingerprint density at radius 3 is 1.93 bits per heavy atom. The van der Waals surface area contributed by atoms with Crippen LogP contribution in [0, 0.1) is 35.0 Å². The molecule has 0 unspecified atom stereocenters. The predicted octanol–water partition coefficient (Wildman–Crippen LogP) is 8.67. The molecule has 0 amide bonds. The zero-order valence-corrected chi connectivity index (χ0v) is 18.2. The summed E-state index contributed by atoms with van der Waals surface area (Å²) in [6.07, 6.45) is 27.6. The summed E-state index contributed by atoms with van der Waals surface area (Å²) in [4.78, 5) is 0. The van der Waals surface area contributed by atoms with Gasteiger partial charge in [0.25, 0.3) is 0 Å². The summed E-state index contributed by atoms with van der Waals surface area (Å²) in [5.74, 6) is 2.81. The van der Waals surface area contributed by atoms with Gasteiger partial charge in [-0.25, -0.2) is 0 Å². The lowest BCUT2D eigenvalue weighted by atomic mass is 9.75. The monoisotopic (exact) mass is 387 g/mol. The summed E-state index contributed by atoms with van der Waals surface area (Å²) in [6.45, 7) is 2.29. The van der Waals surface area contributed by atoms with Crippen LogP contribution in [0.3, 0.4) is 0 Å². The van der Waals surface area contributed by atoms with E-state index in [1.54, 1.807) is 6.08 Å². The SMILES string of the molecule is CCCCCCC[C@H]1CC[C@H](CC[C@H]2CC[C@H](/C=C/C=C(\F)C#N)CC2)CC1. The van der Waals surface area contributed by atoms with E-state index in [-0.39, 0.29) is 0 Å². The topological polar surface area (TPSA) is 23.8 Å². The molecule has 0 spiro atoms. The second-order valence-corrected chi connectivity index (χ2v) is 9.46. The molecule has 0 N–H and O–H groups in total. The molecule has 2 rings (SSSR count). The third-order valence-corrected chi connectivity index (χ3v) is 7.29. The number of unbranched alkanes of at least 4 members (excludes halogenated alkanes) is 4. The molecule has 0 aliphatic heterocycles. The maximum Gasteiger partial charge on any atom is 0.199 e. The van der Waals surface area contributed by atoms with E-state index in [4.69, 9.17) is 5.26 Å². The summed E-state index contributed by atoms with van der Waals surface area (Å²) in [7, 11) is 0. The lowest BCUT2D eigenvalue weighted by Crippen LogP contribution is -2.17. The fourth-order valence-electron chi connectivity index (χ4n) is 5.32. The minimum absolute atomic E-state index is 0.576. The van der Waals surface area contributed by atoms with Crippen LogP contribution in [-0.4, -0.2) is 0 Å². The van der Waals surface area contributed by atoms with E-state index in [9.17, 15) is 4.39 Å². The molecule has 2 aliphatic rings. The Morgan fingerprint density at radius 1 is 0.821 bits per heavy atom. The molecule has 0 aromatic rings. The van der Waals surface area contributed by atoms with Crippen LogP contribution in [0.5, 0.6) is 0 Å². The molecule has 0 aromatic carbocycles. The second-order valence-electron chi connectivity index (χ2n) is 9.46. The fraction of sp³-hybridized carbons (Fsp3) is 0.808. The van der Waals surface area contributed by atoms with Crippen LogP contribution >= 0.6 is 0 Å². The van der Waals surface area contributed by atoms with Crippen LogP contribution in [0.4, 0.5) is 4.39 Å². The average Bonchev–Trinajstić information content (AvgIpc) is 2.73. The molecule has 2 saturated carbocycles. The second kappa shape index (κ2) is 14.0. The van der Waals surface area contributed by atoms with Gasteiger partial charge in [-0.1, -0.05) is 96.1 Å². The van der Waals surface area contributed by atoms with Gasteiger partial charge in [-0.15, -0.1) is 0 Å². The molecule has 2 aliphatic carbocycles. The van der Waals surface area contributed by atoms with Gasteiger partial charge in [0, 0.05) is 0 Å². The zero-order valence-electron chi connectivity index (χ0n) is 18.2. The van der Waals surface area contributed by atoms with Crippen molar-refractivity contribution in [3.63, 3.8) is 0 Å². The van der Waals surface area contributed by atoms with E-state index >= 15 is 0 Å². The van der Waals surface area contributed by atoms with Crippen LogP contribution in [0.15, 0.2) is 24.1 Å². The average molecular weight is 388 g/mol. The van der Waals surface area contributed by atoms with Crippen molar-refractivity contribution >= 4 is 0 Å². The molecule has 1 nitrogen and oxygen atoms in total. The summed E-state index contributed by atoms with van der Waals surface area (Å²) in [5, 5.41) is 8.43. The van der Waals surface area contributed by atoms with Gasteiger partial charge in [-0.2, -0.15) is 9.65 Å². The van der Waals surface area contributed by atoms with Crippen molar-refractivity contribution in [3.05, 3.63) is 24.1 Å². The lowest BCUT2D eigenvalue weighted by molar-refractivity contribution is 0.219. The molecule has 158 valence electrons. The van der Waals surface area contributed by atoms with Gasteiger partial charge in [-0.3, -0.25) is 0 Å². The van der Waals surface area contributed by atoms with Crippen molar-refractivity contribution in [3.8, 4) is 6.07 Å². The summed E-state index contributed by atoms with van der Waals surface area (Å²) in [5.41, 5.74) is 0. The van der Waals surface area contributed by atoms with Crippen molar-refractivity contribution in [2.45, 2.75) is 110 Å². The van der Waals surface area contributed by atoms with Crippen LogP contribution in [0.25, 0.3) is 0 Å². The third-order valence-electron chi connectivity index (χ3n) is 7.29. The van der Waals surface area contributed by atoms with Crippen molar-refractivity contribution in [2.24, 2.45) is 23.7 Å². The maximum absolute atomic E-state index is 12.8. The first-order valence-corrected chi connectivity index (χ1v) is 12.1. The minimum Gasteiger partial charge on any atom is -0.195 e. The standard InChI is InChI=1S/C26H42FN/c1-2-3-4-5-6-8-22-11-15-24(16-12-22)19-20-25-17-13-23(14-18-25)9-7-10-26(27)21-28/h7,9-10,22-25H,2-6,8,11-20H2,1H3/b9-7+,26-10-/t22-,23-,24-,25-. The number of halogens is 1. The maximum atomic E-state index is 12.8. The van der Waals surface area contributed by atoms with Gasteiger partial charge in [0.1, 0.15) is 6.07 Å². The van der Waals surface area contributed by atoms with Crippen LogP contribution in [0.1, 0.15) is 110 Å². The highest BCUT2D eigenvalue weighted by molar-refractivity contribution is 5.19. The van der Waals surface area contributed by atoms with E-state index in [1.165, 1.54) is 115 Å². The Kier molecular flexibility index (Phi) is 11.6. The molecule has 2 fully saturated rings. The van der Waals surface area contributed by atoms with Crippen LogP contribution in [-0.2, 0) is 0 Å².